The Morgan fingerprint density at radius 3 is 2.70 bits per heavy atom. The number of hydrogen-bond acceptors (Lipinski definition) is 6. The average molecular weight is 396 g/mol. The van der Waals surface area contributed by atoms with Gasteiger partial charge >= 0.3 is 0 Å². The number of hydrogen-bond donors (Lipinski definition) is 1. The third kappa shape index (κ3) is 3.67. The van der Waals surface area contributed by atoms with Crippen molar-refractivity contribution in [2.45, 2.75) is 19.9 Å². The molecule has 0 aliphatic rings. The Bertz CT molecular complexity index is 1040. The number of nitrogens with zero attached hydrogens (tertiary/aromatic N) is 4. The molecule has 1 aromatic carbocycles. The van der Waals surface area contributed by atoms with Crippen LogP contribution < -0.4 is 5.32 Å². The number of aromatic nitrogens is 4. The molecular formula is C19H17N5OS2. The highest BCUT2D eigenvalue weighted by Crippen LogP contribution is 2.31. The lowest BCUT2D eigenvalue weighted by Crippen LogP contribution is -2.26. The summed E-state index contributed by atoms with van der Waals surface area (Å²) in [6, 6.07) is 11.8. The summed E-state index contributed by atoms with van der Waals surface area (Å²) in [7, 11) is 0. The van der Waals surface area contributed by atoms with Crippen molar-refractivity contribution in [2.75, 3.05) is 0 Å². The van der Waals surface area contributed by atoms with Crippen molar-refractivity contribution in [1.29, 1.82) is 0 Å². The normalized spacial score (nSPS) is 12.1. The van der Waals surface area contributed by atoms with E-state index in [2.05, 4.69) is 20.4 Å². The van der Waals surface area contributed by atoms with Crippen molar-refractivity contribution in [3.63, 3.8) is 0 Å². The van der Waals surface area contributed by atoms with Gasteiger partial charge in [-0.25, -0.2) is 14.6 Å². The van der Waals surface area contributed by atoms with E-state index in [4.69, 9.17) is 0 Å². The topological polar surface area (TPSA) is 72.7 Å². The van der Waals surface area contributed by atoms with E-state index in [9.17, 15) is 4.79 Å². The van der Waals surface area contributed by atoms with Gasteiger partial charge in [-0.2, -0.15) is 5.10 Å². The van der Waals surface area contributed by atoms with Gasteiger partial charge in [-0.05, 0) is 43.0 Å². The maximum absolute atomic E-state index is 12.7. The van der Waals surface area contributed by atoms with Crippen LogP contribution >= 0.6 is 22.7 Å². The fourth-order valence-electron chi connectivity index (χ4n) is 2.72. The summed E-state index contributed by atoms with van der Waals surface area (Å²) in [4.78, 5) is 23.0. The SMILES string of the molecule is Cc1nc(-c2cccs2)sc1C(=O)NC(C)c1ccc(-n2cncn2)cc1. The molecule has 27 heavy (non-hydrogen) atoms. The summed E-state index contributed by atoms with van der Waals surface area (Å²) in [6.45, 7) is 3.85. The molecule has 1 atom stereocenters. The van der Waals surface area contributed by atoms with Gasteiger partial charge in [-0.15, -0.1) is 22.7 Å². The molecule has 3 aromatic heterocycles. The first kappa shape index (κ1) is 17.6. The van der Waals surface area contributed by atoms with Crippen LogP contribution in [0, 0.1) is 6.92 Å². The van der Waals surface area contributed by atoms with Gasteiger partial charge in [0.05, 0.1) is 22.3 Å². The summed E-state index contributed by atoms with van der Waals surface area (Å²) in [5, 5.41) is 10.1. The van der Waals surface area contributed by atoms with Crippen LogP contribution in [0.2, 0.25) is 0 Å². The number of carbonyl (C=O) groups excluding carboxylic acids is 1. The quantitative estimate of drug-likeness (QED) is 0.548. The van der Waals surface area contributed by atoms with Gasteiger partial charge in [0.2, 0.25) is 0 Å². The molecule has 8 heteroatoms. The Kier molecular flexibility index (Phi) is 4.83. The highest BCUT2D eigenvalue weighted by Gasteiger charge is 2.19. The molecule has 0 aliphatic carbocycles. The van der Waals surface area contributed by atoms with Crippen molar-refractivity contribution < 1.29 is 4.79 Å². The standard InChI is InChI=1S/C19H17N5OS2/c1-12(14-5-7-15(8-6-14)24-11-20-10-21-24)22-18(25)17-13(2)23-19(27-17)16-4-3-9-26-16/h3-12H,1-2H3,(H,22,25). The Morgan fingerprint density at radius 2 is 2.04 bits per heavy atom. The summed E-state index contributed by atoms with van der Waals surface area (Å²) in [6.07, 6.45) is 3.15. The van der Waals surface area contributed by atoms with E-state index in [1.165, 1.54) is 17.7 Å². The van der Waals surface area contributed by atoms with Crippen LogP contribution in [0.15, 0.2) is 54.4 Å². The molecule has 0 aliphatic heterocycles. The smallest absolute Gasteiger partial charge is 0.263 e. The van der Waals surface area contributed by atoms with Gasteiger partial charge in [0.1, 0.15) is 22.5 Å². The van der Waals surface area contributed by atoms with Crippen LogP contribution in [0.25, 0.3) is 15.6 Å². The zero-order valence-corrected chi connectivity index (χ0v) is 16.4. The second-order valence-corrected chi connectivity index (χ2v) is 7.98. The predicted octanol–water partition coefficient (Wildman–Crippen LogP) is 4.25. The van der Waals surface area contributed by atoms with Gasteiger partial charge in [-0.3, -0.25) is 4.79 Å². The molecule has 0 radical (unpaired) electrons. The first-order chi connectivity index (χ1) is 13.1. The average Bonchev–Trinajstić information content (AvgIpc) is 3.43. The van der Waals surface area contributed by atoms with E-state index in [1.54, 1.807) is 22.3 Å². The Labute approximate surface area is 164 Å². The van der Waals surface area contributed by atoms with Crippen LogP contribution in [0.3, 0.4) is 0 Å². The maximum atomic E-state index is 12.7. The second-order valence-electron chi connectivity index (χ2n) is 6.04. The highest BCUT2D eigenvalue weighted by molar-refractivity contribution is 7.22. The number of thiophene rings is 1. The number of carbonyl (C=O) groups is 1. The molecule has 6 nitrogen and oxygen atoms in total. The maximum Gasteiger partial charge on any atom is 0.263 e. The van der Waals surface area contributed by atoms with Gasteiger partial charge in [-0.1, -0.05) is 18.2 Å². The van der Waals surface area contributed by atoms with Gasteiger partial charge in [0, 0.05) is 0 Å². The zero-order valence-electron chi connectivity index (χ0n) is 14.8. The Balaban J connectivity index is 1.48. The van der Waals surface area contributed by atoms with Crippen LogP contribution in [-0.4, -0.2) is 25.7 Å². The van der Waals surface area contributed by atoms with Gasteiger partial charge in [0.25, 0.3) is 5.91 Å². The number of rotatable bonds is 5. The minimum absolute atomic E-state index is 0.0966. The van der Waals surface area contributed by atoms with Crippen LogP contribution in [0.5, 0.6) is 0 Å². The van der Waals surface area contributed by atoms with Crippen molar-refractivity contribution in [1.82, 2.24) is 25.1 Å². The van der Waals surface area contributed by atoms with Crippen molar-refractivity contribution >= 4 is 28.6 Å². The van der Waals surface area contributed by atoms with Crippen LogP contribution in [0.4, 0.5) is 0 Å². The van der Waals surface area contributed by atoms with Gasteiger partial charge < -0.3 is 5.32 Å². The monoisotopic (exact) mass is 395 g/mol. The van der Waals surface area contributed by atoms with Crippen molar-refractivity contribution in [3.8, 4) is 15.6 Å². The highest BCUT2D eigenvalue weighted by atomic mass is 32.1. The lowest BCUT2D eigenvalue weighted by Gasteiger charge is -2.14. The van der Waals surface area contributed by atoms with Gasteiger partial charge in [0.15, 0.2) is 0 Å². The molecule has 1 unspecified atom stereocenters. The third-order valence-corrected chi connectivity index (χ3v) is 6.35. The summed E-state index contributed by atoms with van der Waals surface area (Å²) < 4.78 is 1.69. The molecule has 4 aromatic rings. The molecule has 1 amide bonds. The first-order valence-electron chi connectivity index (χ1n) is 8.39. The molecule has 136 valence electrons. The molecule has 0 saturated heterocycles. The molecular weight excluding hydrogens is 378 g/mol. The van der Waals surface area contributed by atoms with E-state index in [-0.39, 0.29) is 11.9 Å². The number of thiazole rings is 1. The van der Waals surface area contributed by atoms with Crippen molar-refractivity contribution in [2.24, 2.45) is 0 Å². The Hall–Kier alpha value is -2.84. The molecule has 0 bridgehead atoms. The third-order valence-electron chi connectivity index (χ3n) is 4.16. The zero-order chi connectivity index (χ0) is 18.8. The Morgan fingerprint density at radius 1 is 1.22 bits per heavy atom. The van der Waals surface area contributed by atoms with E-state index < -0.39 is 0 Å². The second kappa shape index (κ2) is 7.42. The molecule has 4 rings (SSSR count). The molecule has 0 saturated carbocycles. The molecule has 3 heterocycles. The number of nitrogens with one attached hydrogen (secondary N) is 1. The summed E-state index contributed by atoms with van der Waals surface area (Å²) in [5.41, 5.74) is 2.70. The largest absolute Gasteiger partial charge is 0.345 e. The van der Waals surface area contributed by atoms with Crippen molar-refractivity contribution in [3.05, 3.63) is 70.6 Å². The molecule has 1 N–H and O–H groups in total. The number of amides is 1. The van der Waals surface area contributed by atoms with E-state index >= 15 is 0 Å². The lowest BCUT2D eigenvalue weighted by molar-refractivity contribution is 0.0943. The fraction of sp³-hybridized carbons (Fsp3) is 0.158. The van der Waals surface area contributed by atoms with E-state index in [0.29, 0.717) is 4.88 Å². The summed E-state index contributed by atoms with van der Waals surface area (Å²) >= 11 is 3.06. The predicted molar refractivity (Wildman–Crippen MR) is 107 cm³/mol. The minimum Gasteiger partial charge on any atom is -0.345 e. The summed E-state index contributed by atoms with van der Waals surface area (Å²) in [5.74, 6) is -0.0966. The van der Waals surface area contributed by atoms with E-state index in [1.807, 2.05) is 55.6 Å². The minimum atomic E-state index is -0.117. The molecule has 0 fully saturated rings. The van der Waals surface area contributed by atoms with E-state index in [0.717, 1.165) is 26.8 Å². The number of benzene rings is 1. The number of aryl methyl sites for hydroxylation is 1. The van der Waals surface area contributed by atoms with Crippen LogP contribution in [-0.2, 0) is 0 Å². The first-order valence-corrected chi connectivity index (χ1v) is 10.1. The lowest BCUT2D eigenvalue weighted by atomic mass is 10.1. The van der Waals surface area contributed by atoms with Crippen LogP contribution in [0.1, 0.15) is 33.9 Å². The molecule has 0 spiro atoms. The fourth-order valence-corrected chi connectivity index (χ4v) is 4.48.